The van der Waals surface area contributed by atoms with Crippen molar-refractivity contribution in [1.82, 2.24) is 10.1 Å². The van der Waals surface area contributed by atoms with E-state index in [1.165, 1.54) is 0 Å². The fourth-order valence-corrected chi connectivity index (χ4v) is 2.72. The third-order valence-corrected chi connectivity index (χ3v) is 3.85. The maximum absolute atomic E-state index is 11.8. The smallest absolute Gasteiger partial charge is 0.336 e. The molecular weight excluding hydrogens is 324 g/mol. The Balaban J connectivity index is 1.86. The molecule has 0 bridgehead atoms. The standard InChI is InChI=1S/C18H20N2O5/c1-4-5-12-8-17(21)24-18-11(2)14(7-6-13(12)18)23-10-16-19-15(9-22-3)20-25-16/h6-8H,4-5,9-10H2,1-3H3. The molecule has 0 atom stereocenters. The average molecular weight is 344 g/mol. The van der Waals surface area contributed by atoms with E-state index in [1.807, 2.05) is 19.1 Å². The van der Waals surface area contributed by atoms with Crippen molar-refractivity contribution in [2.75, 3.05) is 7.11 Å². The molecule has 0 radical (unpaired) electrons. The second kappa shape index (κ2) is 7.48. The van der Waals surface area contributed by atoms with Crippen molar-refractivity contribution in [3.05, 3.63) is 51.5 Å². The number of hydrogen-bond acceptors (Lipinski definition) is 7. The summed E-state index contributed by atoms with van der Waals surface area (Å²) in [4.78, 5) is 16.0. The monoisotopic (exact) mass is 344 g/mol. The molecule has 1 aromatic carbocycles. The molecule has 3 rings (SSSR count). The van der Waals surface area contributed by atoms with E-state index in [2.05, 4.69) is 17.1 Å². The van der Waals surface area contributed by atoms with Gasteiger partial charge in [0.15, 0.2) is 12.4 Å². The van der Waals surface area contributed by atoms with Crippen LogP contribution >= 0.6 is 0 Å². The van der Waals surface area contributed by atoms with E-state index >= 15 is 0 Å². The van der Waals surface area contributed by atoms with Gasteiger partial charge in [0.1, 0.15) is 17.9 Å². The number of aromatic nitrogens is 2. The fourth-order valence-electron chi connectivity index (χ4n) is 2.72. The maximum atomic E-state index is 11.8. The first-order chi connectivity index (χ1) is 12.1. The van der Waals surface area contributed by atoms with Crippen LogP contribution < -0.4 is 10.4 Å². The van der Waals surface area contributed by atoms with Gasteiger partial charge in [-0.25, -0.2) is 4.79 Å². The molecule has 0 saturated carbocycles. The van der Waals surface area contributed by atoms with Crippen molar-refractivity contribution in [3.63, 3.8) is 0 Å². The van der Waals surface area contributed by atoms with Crippen LogP contribution in [0, 0.1) is 6.92 Å². The Labute approximate surface area is 144 Å². The van der Waals surface area contributed by atoms with Crippen molar-refractivity contribution >= 4 is 11.0 Å². The number of benzene rings is 1. The molecule has 0 unspecified atom stereocenters. The summed E-state index contributed by atoms with van der Waals surface area (Å²) in [6, 6.07) is 5.33. The number of fused-ring (bicyclic) bond motifs is 1. The molecule has 2 aromatic heterocycles. The van der Waals surface area contributed by atoms with E-state index in [1.54, 1.807) is 13.2 Å². The Kier molecular flexibility index (Phi) is 5.14. The normalized spacial score (nSPS) is 11.2. The molecule has 2 heterocycles. The first-order valence-corrected chi connectivity index (χ1v) is 8.12. The lowest BCUT2D eigenvalue weighted by Gasteiger charge is -2.11. The molecule has 0 amide bonds. The summed E-state index contributed by atoms with van der Waals surface area (Å²) in [6.45, 7) is 4.35. The summed E-state index contributed by atoms with van der Waals surface area (Å²) < 4.78 is 21.2. The number of nitrogens with zero attached hydrogens (tertiary/aromatic N) is 2. The first-order valence-electron chi connectivity index (χ1n) is 8.12. The number of hydrogen-bond donors (Lipinski definition) is 0. The van der Waals surface area contributed by atoms with Gasteiger partial charge >= 0.3 is 5.63 Å². The molecular formula is C18H20N2O5. The molecule has 0 saturated heterocycles. The number of aryl methyl sites for hydroxylation is 2. The zero-order valence-corrected chi connectivity index (χ0v) is 14.5. The summed E-state index contributed by atoms with van der Waals surface area (Å²) in [5.41, 5.74) is 1.96. The molecule has 0 aliphatic carbocycles. The molecule has 132 valence electrons. The Morgan fingerprint density at radius 3 is 2.84 bits per heavy atom. The van der Waals surface area contributed by atoms with E-state index in [0.29, 0.717) is 23.0 Å². The summed E-state index contributed by atoms with van der Waals surface area (Å²) >= 11 is 0. The minimum Gasteiger partial charge on any atom is -0.483 e. The molecule has 7 nitrogen and oxygen atoms in total. The Morgan fingerprint density at radius 1 is 1.24 bits per heavy atom. The average Bonchev–Trinajstić information content (AvgIpc) is 3.03. The van der Waals surface area contributed by atoms with Crippen LogP contribution in [0.2, 0.25) is 0 Å². The van der Waals surface area contributed by atoms with Gasteiger partial charge in [0.25, 0.3) is 5.89 Å². The summed E-state index contributed by atoms with van der Waals surface area (Å²) in [5, 5.41) is 4.72. The molecule has 0 aliphatic rings. The summed E-state index contributed by atoms with van der Waals surface area (Å²) in [7, 11) is 1.56. The predicted molar refractivity (Wildman–Crippen MR) is 90.6 cm³/mol. The van der Waals surface area contributed by atoms with Gasteiger partial charge in [-0.3, -0.25) is 0 Å². The van der Waals surface area contributed by atoms with Crippen LogP contribution in [0.25, 0.3) is 11.0 Å². The molecule has 0 aliphatic heterocycles. The van der Waals surface area contributed by atoms with Gasteiger partial charge in [-0.05, 0) is 31.0 Å². The van der Waals surface area contributed by atoms with Gasteiger partial charge in [0, 0.05) is 24.1 Å². The third kappa shape index (κ3) is 3.71. The molecule has 7 heteroatoms. The van der Waals surface area contributed by atoms with Crippen molar-refractivity contribution in [2.45, 2.75) is 39.9 Å². The Morgan fingerprint density at radius 2 is 2.08 bits per heavy atom. The van der Waals surface area contributed by atoms with Gasteiger partial charge in [-0.2, -0.15) is 4.98 Å². The quantitative estimate of drug-likeness (QED) is 0.608. The highest BCUT2D eigenvalue weighted by atomic mass is 16.5. The van der Waals surface area contributed by atoms with Crippen molar-refractivity contribution in [3.8, 4) is 5.75 Å². The molecule has 0 fully saturated rings. The SMILES string of the molecule is CCCc1cc(=O)oc2c(C)c(OCc3nc(COC)no3)ccc12. The van der Waals surface area contributed by atoms with Gasteiger partial charge in [0.2, 0.25) is 0 Å². The first kappa shape index (κ1) is 17.2. The predicted octanol–water partition coefficient (Wildman–Crippen LogP) is 3.16. The van der Waals surface area contributed by atoms with Gasteiger partial charge in [-0.1, -0.05) is 18.5 Å². The largest absolute Gasteiger partial charge is 0.483 e. The maximum Gasteiger partial charge on any atom is 0.336 e. The van der Waals surface area contributed by atoms with Crippen molar-refractivity contribution in [2.24, 2.45) is 0 Å². The molecule has 25 heavy (non-hydrogen) atoms. The van der Waals surface area contributed by atoms with Gasteiger partial charge in [0.05, 0.1) is 0 Å². The highest BCUT2D eigenvalue weighted by Gasteiger charge is 2.13. The highest BCUT2D eigenvalue weighted by molar-refractivity contribution is 5.84. The highest BCUT2D eigenvalue weighted by Crippen LogP contribution is 2.29. The van der Waals surface area contributed by atoms with Crippen LogP contribution in [0.5, 0.6) is 5.75 Å². The van der Waals surface area contributed by atoms with Crippen LogP contribution in [0.4, 0.5) is 0 Å². The van der Waals surface area contributed by atoms with Crippen LogP contribution in [0.3, 0.4) is 0 Å². The van der Waals surface area contributed by atoms with E-state index < -0.39 is 0 Å². The zero-order chi connectivity index (χ0) is 17.8. The van der Waals surface area contributed by atoms with Crippen LogP contribution in [0.1, 0.15) is 36.2 Å². The van der Waals surface area contributed by atoms with E-state index in [-0.39, 0.29) is 18.8 Å². The topological polar surface area (TPSA) is 87.6 Å². The van der Waals surface area contributed by atoms with Crippen LogP contribution in [0.15, 0.2) is 31.9 Å². The minimum atomic E-state index is -0.350. The van der Waals surface area contributed by atoms with Crippen LogP contribution in [-0.2, 0) is 24.4 Å². The lowest BCUT2D eigenvalue weighted by molar-refractivity contribution is 0.174. The van der Waals surface area contributed by atoms with Gasteiger partial charge < -0.3 is 18.4 Å². The summed E-state index contributed by atoms with van der Waals surface area (Å²) in [6.07, 6.45) is 1.78. The third-order valence-electron chi connectivity index (χ3n) is 3.85. The van der Waals surface area contributed by atoms with Crippen molar-refractivity contribution in [1.29, 1.82) is 0 Å². The molecule has 0 N–H and O–H groups in total. The lowest BCUT2D eigenvalue weighted by atomic mass is 10.0. The zero-order valence-electron chi connectivity index (χ0n) is 14.5. The number of ether oxygens (including phenoxy) is 2. The fraction of sp³-hybridized carbons (Fsp3) is 0.389. The minimum absolute atomic E-state index is 0.127. The van der Waals surface area contributed by atoms with Gasteiger partial charge in [-0.15, -0.1) is 0 Å². The van der Waals surface area contributed by atoms with E-state index in [0.717, 1.165) is 29.4 Å². The Bertz CT molecular complexity index is 929. The lowest BCUT2D eigenvalue weighted by Crippen LogP contribution is -2.03. The molecule has 0 spiro atoms. The second-order valence-corrected chi connectivity index (χ2v) is 5.73. The molecule has 3 aromatic rings. The second-order valence-electron chi connectivity index (χ2n) is 5.73. The number of methoxy groups -OCH3 is 1. The van der Waals surface area contributed by atoms with Crippen LogP contribution in [-0.4, -0.2) is 17.3 Å². The Hall–Kier alpha value is -2.67. The van der Waals surface area contributed by atoms with E-state index in [9.17, 15) is 4.79 Å². The van der Waals surface area contributed by atoms with E-state index in [4.69, 9.17) is 18.4 Å². The number of rotatable bonds is 7. The summed E-state index contributed by atoms with van der Waals surface area (Å²) in [5.74, 6) is 1.43. The van der Waals surface area contributed by atoms with Crippen molar-refractivity contribution < 1.29 is 18.4 Å².